The van der Waals surface area contributed by atoms with Crippen LogP contribution in [0.3, 0.4) is 0 Å². The fourth-order valence-corrected chi connectivity index (χ4v) is 4.03. The molecule has 1 saturated heterocycles. The monoisotopic (exact) mass is 327 g/mol. The number of hydrogen-bond acceptors (Lipinski definition) is 4. The van der Waals surface area contributed by atoms with E-state index in [1.807, 2.05) is 66.4 Å². The minimum absolute atomic E-state index is 0.00218. The molecule has 1 N–H and O–H groups in total. The maximum absolute atomic E-state index is 12.4. The summed E-state index contributed by atoms with van der Waals surface area (Å²) >= 11 is 1.86. The van der Waals surface area contributed by atoms with Gasteiger partial charge >= 0.3 is 0 Å². The maximum Gasteiger partial charge on any atom is 0.140 e. The van der Waals surface area contributed by atoms with E-state index in [1.54, 1.807) is 7.11 Å². The Hall–Kier alpha value is -1.94. The Kier molecular flexibility index (Phi) is 5.23. The molecule has 1 heterocycles. The van der Waals surface area contributed by atoms with Crippen LogP contribution in [-0.4, -0.2) is 24.4 Å². The number of Topliss-reactive ketones (excluding diaryl/α,β-unsaturated/α-hetero) is 1. The third-order valence-electron chi connectivity index (χ3n) is 4.18. The number of para-hydroxylation sites is 1. The van der Waals surface area contributed by atoms with Crippen molar-refractivity contribution in [2.45, 2.75) is 12.5 Å². The van der Waals surface area contributed by atoms with Crippen LogP contribution in [0.15, 0.2) is 54.6 Å². The van der Waals surface area contributed by atoms with Crippen molar-refractivity contribution in [1.29, 1.82) is 0 Å². The smallest absolute Gasteiger partial charge is 0.140 e. The molecule has 0 spiro atoms. The largest absolute Gasteiger partial charge is 0.497 e. The highest BCUT2D eigenvalue weighted by Crippen LogP contribution is 2.34. The molecule has 2 aromatic rings. The van der Waals surface area contributed by atoms with Crippen LogP contribution in [0.25, 0.3) is 0 Å². The molecule has 2 aromatic carbocycles. The van der Waals surface area contributed by atoms with Crippen molar-refractivity contribution in [2.75, 3.05) is 23.9 Å². The molecule has 4 heteroatoms. The number of carbonyl (C=O) groups is 1. The van der Waals surface area contributed by atoms with E-state index in [0.29, 0.717) is 12.2 Å². The molecule has 2 atom stereocenters. The van der Waals surface area contributed by atoms with Crippen molar-refractivity contribution in [3.05, 3.63) is 60.2 Å². The fourth-order valence-electron chi connectivity index (χ4n) is 2.88. The van der Waals surface area contributed by atoms with Crippen molar-refractivity contribution in [3.63, 3.8) is 0 Å². The quantitative estimate of drug-likeness (QED) is 0.894. The lowest BCUT2D eigenvalue weighted by atomic mass is 9.89. The van der Waals surface area contributed by atoms with Gasteiger partial charge in [0.1, 0.15) is 11.5 Å². The normalized spacial score (nSPS) is 19.2. The molecule has 0 aliphatic carbocycles. The Balaban J connectivity index is 1.89. The molecule has 0 aromatic heterocycles. The highest BCUT2D eigenvalue weighted by molar-refractivity contribution is 7.99. The molecule has 1 aliphatic rings. The van der Waals surface area contributed by atoms with Crippen LogP contribution < -0.4 is 10.1 Å². The maximum atomic E-state index is 12.4. The Morgan fingerprint density at radius 2 is 1.87 bits per heavy atom. The first-order valence-corrected chi connectivity index (χ1v) is 8.99. The predicted molar refractivity (Wildman–Crippen MR) is 96.2 cm³/mol. The van der Waals surface area contributed by atoms with Gasteiger partial charge in [0.25, 0.3) is 0 Å². The number of ether oxygens (including phenoxy) is 1. The summed E-state index contributed by atoms with van der Waals surface area (Å²) in [5.41, 5.74) is 2.16. The van der Waals surface area contributed by atoms with Gasteiger partial charge in [-0.15, -0.1) is 0 Å². The summed E-state index contributed by atoms with van der Waals surface area (Å²) in [5, 5.41) is 3.56. The Bertz CT molecular complexity index is 642. The van der Waals surface area contributed by atoms with Gasteiger partial charge in [0.2, 0.25) is 0 Å². The molecule has 3 nitrogen and oxygen atoms in total. The number of anilines is 1. The van der Waals surface area contributed by atoms with Gasteiger partial charge in [0.05, 0.1) is 19.1 Å². The number of ketones is 1. The molecule has 3 rings (SSSR count). The number of hydrogen-bond donors (Lipinski definition) is 1. The summed E-state index contributed by atoms with van der Waals surface area (Å²) in [7, 11) is 1.66. The zero-order chi connectivity index (χ0) is 16.1. The minimum atomic E-state index is -0.0105. The topological polar surface area (TPSA) is 38.3 Å². The van der Waals surface area contributed by atoms with Crippen molar-refractivity contribution in [1.82, 2.24) is 0 Å². The molecule has 23 heavy (non-hydrogen) atoms. The van der Waals surface area contributed by atoms with Crippen LogP contribution in [0.5, 0.6) is 5.75 Å². The number of thioether (sulfide) groups is 1. The van der Waals surface area contributed by atoms with Crippen molar-refractivity contribution in [2.24, 2.45) is 5.92 Å². The summed E-state index contributed by atoms with van der Waals surface area (Å²) in [4.78, 5) is 12.4. The molecular formula is C19H21NO2S. The van der Waals surface area contributed by atoms with Gasteiger partial charge in [0.15, 0.2) is 0 Å². The lowest BCUT2D eigenvalue weighted by molar-refractivity contribution is -0.122. The summed E-state index contributed by atoms with van der Waals surface area (Å²) in [6, 6.07) is 18.1. The summed E-state index contributed by atoms with van der Waals surface area (Å²) in [6.07, 6.45) is 0.665. The second-order valence-corrected chi connectivity index (χ2v) is 6.81. The van der Waals surface area contributed by atoms with E-state index in [0.717, 1.165) is 28.5 Å². The zero-order valence-corrected chi connectivity index (χ0v) is 14.0. The molecule has 0 bridgehead atoms. The van der Waals surface area contributed by atoms with E-state index in [-0.39, 0.29) is 12.0 Å². The first-order chi connectivity index (χ1) is 11.3. The second kappa shape index (κ2) is 7.55. The minimum Gasteiger partial charge on any atom is -0.497 e. The SMILES string of the molecule is COc1ccc([C@@H](Nc2ccccc2)[C@H]2CSCCC2=O)cc1. The highest BCUT2D eigenvalue weighted by Gasteiger charge is 2.31. The number of methoxy groups -OCH3 is 1. The molecule has 120 valence electrons. The molecule has 0 radical (unpaired) electrons. The van der Waals surface area contributed by atoms with Crippen molar-refractivity contribution >= 4 is 23.2 Å². The van der Waals surface area contributed by atoms with Gasteiger partial charge in [0, 0.05) is 23.6 Å². The fraction of sp³-hybridized carbons (Fsp3) is 0.316. The van der Waals surface area contributed by atoms with Crippen LogP contribution in [0.1, 0.15) is 18.0 Å². The molecule has 0 unspecified atom stereocenters. The van der Waals surface area contributed by atoms with E-state index in [4.69, 9.17) is 4.74 Å². The lowest BCUT2D eigenvalue weighted by Gasteiger charge is -2.30. The van der Waals surface area contributed by atoms with E-state index >= 15 is 0 Å². The van der Waals surface area contributed by atoms with Crippen LogP contribution in [0, 0.1) is 5.92 Å². The number of rotatable bonds is 5. The van der Waals surface area contributed by atoms with E-state index < -0.39 is 0 Å². The van der Waals surface area contributed by atoms with Crippen LogP contribution in [-0.2, 0) is 4.79 Å². The van der Waals surface area contributed by atoms with Gasteiger partial charge in [-0.3, -0.25) is 4.79 Å². The van der Waals surface area contributed by atoms with Gasteiger partial charge in [-0.05, 0) is 29.8 Å². The first-order valence-electron chi connectivity index (χ1n) is 7.84. The highest BCUT2D eigenvalue weighted by atomic mass is 32.2. The Morgan fingerprint density at radius 1 is 1.13 bits per heavy atom. The average Bonchev–Trinajstić information content (AvgIpc) is 2.61. The van der Waals surface area contributed by atoms with Crippen molar-refractivity contribution < 1.29 is 9.53 Å². The lowest BCUT2D eigenvalue weighted by Crippen LogP contribution is -2.32. The molecule has 0 amide bonds. The average molecular weight is 327 g/mol. The van der Waals surface area contributed by atoms with Gasteiger partial charge in [-0.1, -0.05) is 30.3 Å². The van der Waals surface area contributed by atoms with Crippen LogP contribution in [0.4, 0.5) is 5.69 Å². The number of carbonyl (C=O) groups excluding carboxylic acids is 1. The molecular weight excluding hydrogens is 306 g/mol. The molecule has 1 fully saturated rings. The van der Waals surface area contributed by atoms with Gasteiger partial charge in [-0.2, -0.15) is 11.8 Å². The Morgan fingerprint density at radius 3 is 2.52 bits per heavy atom. The van der Waals surface area contributed by atoms with Gasteiger partial charge < -0.3 is 10.1 Å². The predicted octanol–water partition coefficient (Wildman–Crippen LogP) is 4.17. The summed E-state index contributed by atoms with van der Waals surface area (Å²) in [6.45, 7) is 0. The standard InChI is InChI=1S/C19H21NO2S/c1-22-16-9-7-14(8-10-16)19(17-13-23-12-11-18(17)21)20-15-5-3-2-4-6-15/h2-10,17,19-20H,11-13H2,1H3/t17-,19+/m0/s1. The second-order valence-electron chi connectivity index (χ2n) is 5.66. The number of benzene rings is 2. The van der Waals surface area contributed by atoms with E-state index in [2.05, 4.69) is 5.32 Å². The van der Waals surface area contributed by atoms with Gasteiger partial charge in [-0.25, -0.2) is 0 Å². The molecule has 1 aliphatic heterocycles. The van der Waals surface area contributed by atoms with Crippen LogP contribution >= 0.6 is 11.8 Å². The van der Waals surface area contributed by atoms with E-state index in [9.17, 15) is 4.79 Å². The summed E-state index contributed by atoms with van der Waals surface area (Å²) < 4.78 is 5.24. The zero-order valence-electron chi connectivity index (χ0n) is 13.2. The van der Waals surface area contributed by atoms with E-state index in [1.165, 1.54) is 0 Å². The third-order valence-corrected chi connectivity index (χ3v) is 5.26. The Labute approximate surface area is 141 Å². The number of nitrogens with one attached hydrogen (secondary N) is 1. The third kappa shape index (κ3) is 3.88. The molecule has 0 saturated carbocycles. The van der Waals surface area contributed by atoms with Crippen molar-refractivity contribution in [3.8, 4) is 5.75 Å². The van der Waals surface area contributed by atoms with Crippen LogP contribution in [0.2, 0.25) is 0 Å². The summed E-state index contributed by atoms with van der Waals surface area (Å²) in [5.74, 6) is 3.00. The first kappa shape index (κ1) is 15.9.